The summed E-state index contributed by atoms with van der Waals surface area (Å²) in [7, 11) is 1.78. The highest BCUT2D eigenvalue weighted by Gasteiger charge is 2.39. The number of benzene rings is 1. The zero-order valence-electron chi connectivity index (χ0n) is 11.4. The van der Waals surface area contributed by atoms with Gasteiger partial charge in [0.2, 0.25) is 0 Å². The third-order valence-electron chi connectivity index (χ3n) is 3.86. The molecule has 1 aromatic rings. The lowest BCUT2D eigenvalue weighted by Gasteiger charge is -2.42. The first-order chi connectivity index (χ1) is 9.10. The molecule has 0 aromatic heterocycles. The second-order valence-electron chi connectivity index (χ2n) is 5.03. The highest BCUT2D eigenvalue weighted by atomic mass is 79.9. The van der Waals surface area contributed by atoms with Crippen LogP contribution < -0.4 is 4.74 Å². The minimum absolute atomic E-state index is 0.0295. The molecule has 2 nitrogen and oxygen atoms in total. The molecule has 0 aliphatic heterocycles. The van der Waals surface area contributed by atoms with Crippen LogP contribution in [0.25, 0.3) is 0 Å². The summed E-state index contributed by atoms with van der Waals surface area (Å²) in [6.45, 7) is 2.63. The molecule has 0 spiro atoms. The van der Waals surface area contributed by atoms with Crippen LogP contribution in [0.5, 0.6) is 5.75 Å². The smallest absolute Gasteiger partial charge is 0.124 e. The molecule has 4 heteroatoms. The molecule has 0 saturated heterocycles. The first-order valence-corrected chi connectivity index (χ1v) is 7.94. The highest BCUT2D eigenvalue weighted by Crippen LogP contribution is 2.45. The lowest BCUT2D eigenvalue weighted by molar-refractivity contribution is -0.0780. The van der Waals surface area contributed by atoms with Gasteiger partial charge in [-0.1, -0.05) is 15.9 Å². The molecule has 1 aliphatic rings. The Morgan fingerprint density at radius 2 is 2.16 bits per heavy atom. The van der Waals surface area contributed by atoms with E-state index in [4.69, 9.17) is 21.1 Å². The average molecular weight is 348 g/mol. The van der Waals surface area contributed by atoms with Gasteiger partial charge in [-0.15, -0.1) is 11.6 Å². The minimum atomic E-state index is -0.0840. The Bertz CT molecular complexity index is 427. The Morgan fingerprint density at radius 3 is 2.68 bits per heavy atom. The second-order valence-corrected chi connectivity index (χ2v) is 6.47. The van der Waals surface area contributed by atoms with Crippen molar-refractivity contribution in [3.05, 3.63) is 28.2 Å². The lowest BCUT2D eigenvalue weighted by atomic mass is 9.76. The fraction of sp³-hybridized carbons (Fsp3) is 0.600. The molecular formula is C15H20BrClO2. The fourth-order valence-electron chi connectivity index (χ4n) is 2.55. The number of halogens is 2. The SMILES string of the molecule is CCOc1ccc(Br)cc1C(Cl)CC1(OC)CCC1. The van der Waals surface area contributed by atoms with Gasteiger partial charge in [0.15, 0.2) is 0 Å². The minimum Gasteiger partial charge on any atom is -0.494 e. The molecule has 0 amide bonds. The highest BCUT2D eigenvalue weighted by molar-refractivity contribution is 9.10. The summed E-state index contributed by atoms with van der Waals surface area (Å²) < 4.78 is 12.4. The van der Waals surface area contributed by atoms with Gasteiger partial charge in [-0.25, -0.2) is 0 Å². The standard InChI is InChI=1S/C15H20BrClO2/c1-3-19-14-6-5-11(16)9-12(14)13(17)10-15(18-2)7-4-8-15/h5-6,9,13H,3-4,7-8,10H2,1-2H3. The average Bonchev–Trinajstić information content (AvgIpc) is 2.36. The fourth-order valence-corrected chi connectivity index (χ4v) is 3.38. The molecule has 19 heavy (non-hydrogen) atoms. The van der Waals surface area contributed by atoms with Crippen molar-refractivity contribution in [2.24, 2.45) is 0 Å². The van der Waals surface area contributed by atoms with E-state index in [1.807, 2.05) is 25.1 Å². The molecule has 1 saturated carbocycles. The second kappa shape index (κ2) is 6.47. The molecule has 0 bridgehead atoms. The largest absolute Gasteiger partial charge is 0.494 e. The van der Waals surface area contributed by atoms with Gasteiger partial charge in [0, 0.05) is 17.1 Å². The van der Waals surface area contributed by atoms with Crippen molar-refractivity contribution in [1.29, 1.82) is 0 Å². The Balaban J connectivity index is 2.17. The van der Waals surface area contributed by atoms with Crippen molar-refractivity contribution >= 4 is 27.5 Å². The van der Waals surface area contributed by atoms with Crippen LogP contribution in [0.1, 0.15) is 43.5 Å². The number of methoxy groups -OCH3 is 1. The number of ether oxygens (including phenoxy) is 2. The van der Waals surface area contributed by atoms with Crippen LogP contribution in [-0.4, -0.2) is 19.3 Å². The van der Waals surface area contributed by atoms with Crippen molar-refractivity contribution in [3.63, 3.8) is 0 Å². The monoisotopic (exact) mass is 346 g/mol. The number of alkyl halides is 1. The molecule has 1 aliphatic carbocycles. The van der Waals surface area contributed by atoms with Crippen molar-refractivity contribution in [2.75, 3.05) is 13.7 Å². The molecule has 1 atom stereocenters. The van der Waals surface area contributed by atoms with Gasteiger partial charge in [0.25, 0.3) is 0 Å². The van der Waals surface area contributed by atoms with E-state index in [1.165, 1.54) is 6.42 Å². The summed E-state index contributed by atoms with van der Waals surface area (Å²) in [5.41, 5.74) is 1.01. The normalized spacial score (nSPS) is 18.7. The third-order valence-corrected chi connectivity index (χ3v) is 4.74. The molecule has 1 aromatic carbocycles. The molecule has 0 radical (unpaired) electrons. The van der Waals surface area contributed by atoms with Gasteiger partial charge in [0.05, 0.1) is 17.6 Å². The molecule has 1 fully saturated rings. The Labute approximate surface area is 128 Å². The van der Waals surface area contributed by atoms with Crippen LogP contribution in [0.2, 0.25) is 0 Å². The van der Waals surface area contributed by atoms with Gasteiger partial charge in [-0.05, 0) is 50.8 Å². The maximum atomic E-state index is 6.61. The van der Waals surface area contributed by atoms with Crippen molar-refractivity contribution in [1.82, 2.24) is 0 Å². The van der Waals surface area contributed by atoms with Gasteiger partial charge in [0.1, 0.15) is 5.75 Å². The van der Waals surface area contributed by atoms with Gasteiger partial charge < -0.3 is 9.47 Å². The van der Waals surface area contributed by atoms with Crippen LogP contribution in [-0.2, 0) is 4.74 Å². The maximum absolute atomic E-state index is 6.61. The molecule has 0 heterocycles. The Hall–Kier alpha value is -0.250. The molecule has 1 unspecified atom stereocenters. The topological polar surface area (TPSA) is 18.5 Å². The van der Waals surface area contributed by atoms with Crippen LogP contribution >= 0.6 is 27.5 Å². The summed E-state index contributed by atoms with van der Waals surface area (Å²) >= 11 is 10.1. The lowest BCUT2D eigenvalue weighted by Crippen LogP contribution is -2.39. The van der Waals surface area contributed by atoms with E-state index >= 15 is 0 Å². The summed E-state index contributed by atoms with van der Waals surface area (Å²) in [4.78, 5) is 0. The summed E-state index contributed by atoms with van der Waals surface area (Å²) in [5.74, 6) is 0.872. The van der Waals surface area contributed by atoms with Crippen LogP contribution in [0.4, 0.5) is 0 Å². The molecule has 2 rings (SSSR count). The van der Waals surface area contributed by atoms with Crippen molar-refractivity contribution < 1.29 is 9.47 Å². The van der Waals surface area contributed by atoms with Crippen LogP contribution in [0, 0.1) is 0 Å². The van der Waals surface area contributed by atoms with Crippen molar-refractivity contribution in [2.45, 2.75) is 43.6 Å². The van der Waals surface area contributed by atoms with Crippen LogP contribution in [0.3, 0.4) is 0 Å². The number of hydrogen-bond acceptors (Lipinski definition) is 2. The van der Waals surface area contributed by atoms with E-state index in [1.54, 1.807) is 7.11 Å². The van der Waals surface area contributed by atoms with Crippen LogP contribution in [0.15, 0.2) is 22.7 Å². The first kappa shape index (κ1) is 15.1. The molecule has 0 N–H and O–H groups in total. The van der Waals surface area contributed by atoms with E-state index in [2.05, 4.69) is 15.9 Å². The van der Waals surface area contributed by atoms with E-state index < -0.39 is 0 Å². The predicted molar refractivity (Wildman–Crippen MR) is 82.1 cm³/mol. The van der Waals surface area contributed by atoms with E-state index in [9.17, 15) is 0 Å². The zero-order chi connectivity index (χ0) is 13.9. The zero-order valence-corrected chi connectivity index (χ0v) is 13.8. The molecule has 106 valence electrons. The quantitative estimate of drug-likeness (QED) is 0.668. The van der Waals surface area contributed by atoms with E-state index in [0.29, 0.717) is 6.61 Å². The summed E-state index contributed by atoms with van der Waals surface area (Å²) in [6, 6.07) is 6.00. The third kappa shape index (κ3) is 3.45. The van der Waals surface area contributed by atoms with Crippen molar-refractivity contribution in [3.8, 4) is 5.75 Å². The van der Waals surface area contributed by atoms with E-state index in [-0.39, 0.29) is 11.0 Å². The Kier molecular flexibility index (Phi) is 5.15. The predicted octanol–water partition coefficient (Wildman–Crippen LogP) is 5.09. The maximum Gasteiger partial charge on any atom is 0.124 e. The first-order valence-electron chi connectivity index (χ1n) is 6.72. The number of hydrogen-bond donors (Lipinski definition) is 0. The molecular weight excluding hydrogens is 328 g/mol. The summed E-state index contributed by atoms with van der Waals surface area (Å²) in [6.07, 6.45) is 4.27. The van der Waals surface area contributed by atoms with Gasteiger partial charge in [-0.2, -0.15) is 0 Å². The van der Waals surface area contributed by atoms with Gasteiger partial charge >= 0.3 is 0 Å². The van der Waals surface area contributed by atoms with Gasteiger partial charge in [-0.3, -0.25) is 0 Å². The van der Waals surface area contributed by atoms with E-state index in [0.717, 1.165) is 35.0 Å². The Morgan fingerprint density at radius 1 is 1.42 bits per heavy atom. The number of rotatable bonds is 6. The summed E-state index contributed by atoms with van der Waals surface area (Å²) in [5, 5.41) is -0.0840.